The molecular formula is C28H35N2O15P3. The van der Waals surface area contributed by atoms with Crippen LogP contribution >= 0.6 is 23.5 Å². The molecule has 2 aromatic carbocycles. The van der Waals surface area contributed by atoms with E-state index in [1.165, 1.54) is 6.20 Å². The van der Waals surface area contributed by atoms with Crippen LogP contribution in [-0.2, 0) is 40.8 Å². The van der Waals surface area contributed by atoms with Crippen molar-refractivity contribution in [1.29, 1.82) is 0 Å². The van der Waals surface area contributed by atoms with Gasteiger partial charge < -0.3 is 34.4 Å². The highest BCUT2D eigenvalue weighted by atomic mass is 31.3. The van der Waals surface area contributed by atoms with Crippen LogP contribution in [0.4, 0.5) is 4.79 Å². The molecule has 3 heterocycles. The van der Waals surface area contributed by atoms with E-state index in [0.717, 1.165) is 53.3 Å². The van der Waals surface area contributed by atoms with E-state index in [4.69, 9.17) is 14.0 Å². The number of amides is 2. The van der Waals surface area contributed by atoms with Crippen LogP contribution in [0.5, 0.6) is 0 Å². The summed E-state index contributed by atoms with van der Waals surface area (Å²) in [6, 6.07) is 12.8. The van der Waals surface area contributed by atoms with E-state index in [1.807, 2.05) is 42.5 Å². The fraction of sp³-hybridized carbons (Fsp3) is 0.464. The third kappa shape index (κ3) is 8.28. The van der Waals surface area contributed by atoms with E-state index in [9.17, 15) is 43.4 Å². The van der Waals surface area contributed by atoms with Gasteiger partial charge in [-0.05, 0) is 41.7 Å². The molecule has 17 nitrogen and oxygen atoms in total. The number of phosphoric ester groups is 2. The zero-order chi connectivity index (χ0) is 34.3. The number of carbonyl (C=O) groups excluding carboxylic acids is 1. The topological polar surface area (TPSA) is 240 Å². The Morgan fingerprint density at radius 3 is 2.23 bits per heavy atom. The summed E-state index contributed by atoms with van der Waals surface area (Å²) in [6.45, 7) is -1.22. The van der Waals surface area contributed by atoms with E-state index in [0.29, 0.717) is 11.3 Å². The first-order valence-electron chi connectivity index (χ1n) is 15.1. The van der Waals surface area contributed by atoms with Crippen LogP contribution in [0.2, 0.25) is 0 Å². The average molecular weight is 733 g/mol. The lowest BCUT2D eigenvalue weighted by atomic mass is 9.90. The van der Waals surface area contributed by atoms with Gasteiger partial charge in [-0.2, -0.15) is 8.62 Å². The van der Waals surface area contributed by atoms with Crippen LogP contribution in [0.15, 0.2) is 60.3 Å². The molecule has 8 atom stereocenters. The molecule has 1 saturated carbocycles. The fourth-order valence-corrected chi connectivity index (χ4v) is 9.49. The van der Waals surface area contributed by atoms with Gasteiger partial charge in [0.25, 0.3) is 0 Å². The number of aliphatic hydroxyl groups excluding tert-OH is 2. The number of benzene rings is 2. The number of fused-ring (bicyclic) bond motifs is 2. The molecule has 2 fully saturated rings. The van der Waals surface area contributed by atoms with Gasteiger partial charge in [0.15, 0.2) is 6.23 Å². The third-order valence-electron chi connectivity index (χ3n) is 8.28. The number of phosphoric acid groups is 3. The summed E-state index contributed by atoms with van der Waals surface area (Å²) in [6.07, 6.45) is -0.00445. The van der Waals surface area contributed by atoms with Gasteiger partial charge in [-0.25, -0.2) is 18.5 Å². The standard InChI is InChI=1S/C28H35N2O15P3/c31-24-23(16-41-47(36,37)45-48(38,39)44-46(34,35)40-15-17-6-2-1-3-7-17)43-27(25(24)32)30-14-21-13-22(42-26(21)29-28(30)33)20-11-10-18-8-4-5-9-19(18)12-20/h4-5,8-14,17,23-27,31-32H,1-3,6-7,15-16H2,(H,29,33)(H,34,35)(H,36,37)(H,38,39)/t23-,24+,25?,26?,27-/m1/s1. The molecule has 6 N–H and O–H groups in total. The molecule has 2 aromatic rings. The molecule has 20 heteroatoms. The molecule has 5 unspecified atom stereocenters. The minimum atomic E-state index is -5.70. The van der Waals surface area contributed by atoms with Crippen molar-refractivity contribution in [3.63, 3.8) is 0 Å². The predicted molar refractivity (Wildman–Crippen MR) is 166 cm³/mol. The van der Waals surface area contributed by atoms with Gasteiger partial charge in [0.05, 0.1) is 13.2 Å². The van der Waals surface area contributed by atoms with E-state index in [1.54, 1.807) is 6.08 Å². The van der Waals surface area contributed by atoms with E-state index in [2.05, 4.69) is 18.5 Å². The summed E-state index contributed by atoms with van der Waals surface area (Å²) in [5.41, 5.74) is 1.26. The number of ether oxygens (including phenoxy) is 2. The molecule has 4 aliphatic rings. The Morgan fingerprint density at radius 1 is 0.854 bits per heavy atom. The molecule has 0 spiro atoms. The fourth-order valence-electron chi connectivity index (χ4n) is 5.90. The molecule has 3 aliphatic heterocycles. The first kappa shape index (κ1) is 35.4. The van der Waals surface area contributed by atoms with Gasteiger partial charge in [-0.3, -0.25) is 19.3 Å². The molecule has 1 aliphatic carbocycles. The maximum absolute atomic E-state index is 13.0. The first-order chi connectivity index (χ1) is 22.7. The lowest BCUT2D eigenvalue weighted by molar-refractivity contribution is -0.0672. The Morgan fingerprint density at radius 2 is 1.52 bits per heavy atom. The highest BCUT2D eigenvalue weighted by Crippen LogP contribution is 2.67. The van der Waals surface area contributed by atoms with Gasteiger partial charge in [-0.15, -0.1) is 0 Å². The number of rotatable bonds is 12. The van der Waals surface area contributed by atoms with Crippen LogP contribution in [0.3, 0.4) is 0 Å². The van der Waals surface area contributed by atoms with Crippen molar-refractivity contribution in [3.05, 3.63) is 65.9 Å². The normalized spacial score (nSPS) is 30.0. The maximum atomic E-state index is 13.0. The number of nitrogens with zero attached hydrogens (tertiary/aromatic N) is 1. The molecule has 6 rings (SSSR count). The van der Waals surface area contributed by atoms with Crippen molar-refractivity contribution in [2.24, 2.45) is 5.92 Å². The average Bonchev–Trinajstić information content (AvgIpc) is 3.57. The summed E-state index contributed by atoms with van der Waals surface area (Å²) >= 11 is 0. The molecule has 0 radical (unpaired) electrons. The summed E-state index contributed by atoms with van der Waals surface area (Å²) < 4.78 is 66.1. The van der Waals surface area contributed by atoms with Crippen LogP contribution in [0, 0.1) is 5.92 Å². The molecular weight excluding hydrogens is 697 g/mol. The number of hydrogen-bond acceptors (Lipinski definition) is 12. The predicted octanol–water partition coefficient (Wildman–Crippen LogP) is 3.84. The lowest BCUT2D eigenvalue weighted by Crippen LogP contribution is -2.54. The third-order valence-corrected chi connectivity index (χ3v) is 12.5. The van der Waals surface area contributed by atoms with Gasteiger partial charge in [0, 0.05) is 17.3 Å². The van der Waals surface area contributed by atoms with Gasteiger partial charge in [0.2, 0.25) is 6.23 Å². The second kappa shape index (κ2) is 14.0. The Balaban J connectivity index is 1.06. The molecule has 0 aromatic heterocycles. The van der Waals surface area contributed by atoms with Crippen LogP contribution in [-0.4, -0.2) is 79.8 Å². The molecule has 0 bridgehead atoms. The van der Waals surface area contributed by atoms with E-state index in [-0.39, 0.29) is 12.5 Å². The highest BCUT2D eigenvalue weighted by molar-refractivity contribution is 7.66. The first-order valence-corrected chi connectivity index (χ1v) is 19.6. The minimum absolute atomic E-state index is 0.0597. The van der Waals surface area contributed by atoms with Gasteiger partial charge in [-0.1, -0.05) is 55.7 Å². The Labute approximate surface area is 274 Å². The minimum Gasteiger partial charge on any atom is -0.466 e. The number of hydrogen-bond donors (Lipinski definition) is 6. The van der Waals surface area contributed by atoms with Crippen molar-refractivity contribution in [2.45, 2.75) is 62.9 Å². The van der Waals surface area contributed by atoms with Gasteiger partial charge >= 0.3 is 29.5 Å². The van der Waals surface area contributed by atoms with Crippen molar-refractivity contribution in [2.75, 3.05) is 13.2 Å². The smallest absolute Gasteiger partial charge is 0.466 e. The molecule has 48 heavy (non-hydrogen) atoms. The zero-order valence-corrected chi connectivity index (χ0v) is 27.9. The number of nitrogens with one attached hydrogen (secondary N) is 1. The van der Waals surface area contributed by atoms with Crippen LogP contribution in [0.1, 0.15) is 37.7 Å². The van der Waals surface area contributed by atoms with Gasteiger partial charge in [0.1, 0.15) is 24.1 Å². The maximum Gasteiger partial charge on any atom is 0.490 e. The van der Waals surface area contributed by atoms with E-state index < -0.39 is 66.9 Å². The summed E-state index contributed by atoms with van der Waals surface area (Å²) in [7, 11) is -16.4. The molecule has 262 valence electrons. The number of urea groups is 1. The van der Waals surface area contributed by atoms with Crippen LogP contribution in [0.25, 0.3) is 16.5 Å². The lowest BCUT2D eigenvalue weighted by Gasteiger charge is -2.33. The quantitative estimate of drug-likeness (QED) is 0.170. The van der Waals surface area contributed by atoms with Crippen LogP contribution < -0.4 is 5.32 Å². The zero-order valence-electron chi connectivity index (χ0n) is 25.2. The largest absolute Gasteiger partial charge is 0.490 e. The highest BCUT2D eigenvalue weighted by Gasteiger charge is 2.50. The number of carbonyl (C=O) groups is 1. The SMILES string of the molecule is O=C1NC2OC(c3ccc4ccccc4c3)=CC2=CN1[C@@H]1O[C@H](COP(=O)(O)OP(=O)(O)OP(=O)(O)OCC2CCCCC2)[C@H](O)C1O. The summed E-state index contributed by atoms with van der Waals surface area (Å²) in [5.74, 6) is 0.422. The summed E-state index contributed by atoms with van der Waals surface area (Å²) in [4.78, 5) is 43.6. The molecule has 2 amide bonds. The second-order valence-corrected chi connectivity index (χ2v) is 16.4. The van der Waals surface area contributed by atoms with Crippen molar-refractivity contribution in [3.8, 4) is 0 Å². The second-order valence-electron chi connectivity index (χ2n) is 11.8. The monoisotopic (exact) mass is 732 g/mol. The Kier molecular flexibility index (Phi) is 10.3. The van der Waals surface area contributed by atoms with Crippen molar-refractivity contribution < 1.29 is 70.5 Å². The van der Waals surface area contributed by atoms with Crippen molar-refractivity contribution in [1.82, 2.24) is 10.2 Å². The Bertz CT molecular complexity index is 1750. The Hall–Kier alpha value is -2.46. The van der Waals surface area contributed by atoms with Crippen molar-refractivity contribution >= 4 is 46.0 Å². The summed E-state index contributed by atoms with van der Waals surface area (Å²) in [5, 5.41) is 25.9. The van der Waals surface area contributed by atoms with E-state index >= 15 is 0 Å². The number of aliphatic hydroxyl groups is 2. The molecule has 1 saturated heterocycles.